The molecular formula is C16H25O2. The first-order chi connectivity index (χ1) is 8.52. The zero-order valence-electron chi connectivity index (χ0n) is 12.0. The Kier molecular flexibility index (Phi) is 6.03. The second-order valence-corrected chi connectivity index (χ2v) is 5.43. The molecule has 0 unspecified atom stereocenters. The van der Waals surface area contributed by atoms with Gasteiger partial charge >= 0.3 is 0 Å². The summed E-state index contributed by atoms with van der Waals surface area (Å²) in [5, 5.41) is 0. The van der Waals surface area contributed by atoms with Gasteiger partial charge in [0.1, 0.15) is 11.5 Å². The van der Waals surface area contributed by atoms with Crippen LogP contribution in [0.4, 0.5) is 0 Å². The molecule has 0 aliphatic heterocycles. The highest BCUT2D eigenvalue weighted by atomic mass is 16.5. The maximum absolute atomic E-state index is 5.82. The van der Waals surface area contributed by atoms with Crippen LogP contribution in [0, 0.1) is 18.8 Å². The summed E-state index contributed by atoms with van der Waals surface area (Å²) in [6.45, 7) is 13.9. The Morgan fingerprint density at radius 3 is 2.17 bits per heavy atom. The van der Waals surface area contributed by atoms with Crippen molar-refractivity contribution in [2.24, 2.45) is 11.8 Å². The van der Waals surface area contributed by atoms with E-state index in [2.05, 4.69) is 34.6 Å². The molecule has 18 heavy (non-hydrogen) atoms. The average molecular weight is 249 g/mol. The molecule has 0 aromatic heterocycles. The maximum Gasteiger partial charge on any atom is 0.126 e. The molecule has 0 aliphatic rings. The fourth-order valence-corrected chi connectivity index (χ4v) is 1.48. The lowest BCUT2D eigenvalue weighted by atomic mass is 10.1. The zero-order chi connectivity index (χ0) is 13.5. The second kappa shape index (κ2) is 7.30. The van der Waals surface area contributed by atoms with Gasteiger partial charge in [0.15, 0.2) is 0 Å². The third-order valence-electron chi connectivity index (χ3n) is 2.46. The highest BCUT2D eigenvalue weighted by molar-refractivity contribution is 5.41. The van der Waals surface area contributed by atoms with Crippen molar-refractivity contribution in [2.75, 3.05) is 13.2 Å². The van der Waals surface area contributed by atoms with Crippen LogP contribution in [0.3, 0.4) is 0 Å². The summed E-state index contributed by atoms with van der Waals surface area (Å²) in [4.78, 5) is 0. The SMILES string of the molecule is [CH2]Cc1ccc(OCC(C)C)cc1OCC(C)C. The molecule has 0 aliphatic carbocycles. The van der Waals surface area contributed by atoms with Crippen LogP contribution in [-0.4, -0.2) is 13.2 Å². The summed E-state index contributed by atoms with van der Waals surface area (Å²) in [5.41, 5.74) is 1.13. The Morgan fingerprint density at radius 1 is 1.00 bits per heavy atom. The second-order valence-electron chi connectivity index (χ2n) is 5.43. The van der Waals surface area contributed by atoms with Gasteiger partial charge in [-0.2, -0.15) is 0 Å². The van der Waals surface area contributed by atoms with Gasteiger partial charge in [0.25, 0.3) is 0 Å². The largest absolute Gasteiger partial charge is 0.493 e. The lowest BCUT2D eigenvalue weighted by Crippen LogP contribution is -2.07. The van der Waals surface area contributed by atoms with Crippen LogP contribution in [0.25, 0.3) is 0 Å². The van der Waals surface area contributed by atoms with E-state index >= 15 is 0 Å². The third-order valence-corrected chi connectivity index (χ3v) is 2.46. The van der Waals surface area contributed by atoms with Crippen molar-refractivity contribution < 1.29 is 9.47 Å². The molecule has 1 radical (unpaired) electrons. The highest BCUT2D eigenvalue weighted by Crippen LogP contribution is 2.26. The summed E-state index contributed by atoms with van der Waals surface area (Å²) in [6.07, 6.45) is 0.734. The van der Waals surface area contributed by atoms with Crippen LogP contribution < -0.4 is 9.47 Å². The summed E-state index contributed by atoms with van der Waals surface area (Å²) < 4.78 is 11.5. The molecule has 0 spiro atoms. The van der Waals surface area contributed by atoms with Crippen LogP contribution in [0.1, 0.15) is 33.3 Å². The molecule has 0 saturated heterocycles. The van der Waals surface area contributed by atoms with Crippen molar-refractivity contribution in [3.05, 3.63) is 30.7 Å². The molecule has 0 heterocycles. The molecule has 101 valence electrons. The lowest BCUT2D eigenvalue weighted by Gasteiger charge is -2.15. The number of hydrogen-bond donors (Lipinski definition) is 0. The first-order valence-corrected chi connectivity index (χ1v) is 6.70. The molecule has 0 fully saturated rings. The topological polar surface area (TPSA) is 18.5 Å². The zero-order valence-corrected chi connectivity index (χ0v) is 12.0. The number of ether oxygens (including phenoxy) is 2. The van der Waals surface area contributed by atoms with Gasteiger partial charge in [-0.15, -0.1) is 0 Å². The monoisotopic (exact) mass is 249 g/mol. The van der Waals surface area contributed by atoms with E-state index in [1.165, 1.54) is 0 Å². The van der Waals surface area contributed by atoms with Crippen molar-refractivity contribution in [1.82, 2.24) is 0 Å². The fraction of sp³-hybridized carbons (Fsp3) is 0.562. The van der Waals surface area contributed by atoms with Crippen LogP contribution in [-0.2, 0) is 6.42 Å². The molecule has 0 amide bonds. The van der Waals surface area contributed by atoms with Gasteiger partial charge in [-0.3, -0.25) is 0 Å². The van der Waals surface area contributed by atoms with E-state index in [4.69, 9.17) is 9.47 Å². The van der Waals surface area contributed by atoms with E-state index < -0.39 is 0 Å². The normalized spacial score (nSPS) is 11.1. The molecule has 1 aromatic carbocycles. The third kappa shape index (κ3) is 4.99. The molecule has 0 N–H and O–H groups in total. The van der Waals surface area contributed by atoms with E-state index in [-0.39, 0.29) is 0 Å². The van der Waals surface area contributed by atoms with Gasteiger partial charge in [-0.25, -0.2) is 0 Å². The number of hydrogen-bond acceptors (Lipinski definition) is 2. The van der Waals surface area contributed by atoms with Gasteiger partial charge in [0.2, 0.25) is 0 Å². The van der Waals surface area contributed by atoms with E-state index in [0.29, 0.717) is 11.8 Å². The average Bonchev–Trinajstić information content (AvgIpc) is 2.33. The molecule has 1 rings (SSSR count). The van der Waals surface area contributed by atoms with E-state index in [1.54, 1.807) is 0 Å². The molecule has 0 atom stereocenters. The fourth-order valence-electron chi connectivity index (χ4n) is 1.48. The van der Waals surface area contributed by atoms with Crippen LogP contribution in [0.2, 0.25) is 0 Å². The Labute approximate surface area is 111 Å². The van der Waals surface area contributed by atoms with Crippen molar-refractivity contribution in [3.63, 3.8) is 0 Å². The van der Waals surface area contributed by atoms with Crippen LogP contribution >= 0.6 is 0 Å². The minimum absolute atomic E-state index is 0.517. The first kappa shape index (κ1) is 14.9. The predicted octanol–water partition coefficient (Wildman–Crippen LogP) is 4.13. The standard InChI is InChI=1S/C16H25O2/c1-6-14-7-8-15(17-10-12(2)3)9-16(14)18-11-13(4)5/h7-9,12-13H,1,6,10-11H2,2-5H3. The van der Waals surface area contributed by atoms with Crippen molar-refractivity contribution in [1.29, 1.82) is 0 Å². The van der Waals surface area contributed by atoms with Crippen LogP contribution in [0.15, 0.2) is 18.2 Å². The summed E-state index contributed by atoms with van der Waals surface area (Å²) >= 11 is 0. The smallest absolute Gasteiger partial charge is 0.126 e. The Hall–Kier alpha value is -1.18. The van der Waals surface area contributed by atoms with E-state index in [9.17, 15) is 0 Å². The van der Waals surface area contributed by atoms with Crippen molar-refractivity contribution in [3.8, 4) is 11.5 Å². The molecule has 2 heteroatoms. The predicted molar refractivity (Wildman–Crippen MR) is 76.2 cm³/mol. The molecule has 0 bridgehead atoms. The molecular weight excluding hydrogens is 224 g/mol. The van der Waals surface area contributed by atoms with Gasteiger partial charge in [0.05, 0.1) is 13.2 Å². The van der Waals surface area contributed by atoms with E-state index in [0.717, 1.165) is 36.7 Å². The number of rotatable bonds is 7. The molecule has 1 aromatic rings. The Morgan fingerprint density at radius 2 is 1.61 bits per heavy atom. The Bertz CT molecular complexity index is 356. The van der Waals surface area contributed by atoms with Crippen LogP contribution in [0.5, 0.6) is 11.5 Å². The molecule has 0 saturated carbocycles. The lowest BCUT2D eigenvalue weighted by molar-refractivity contribution is 0.256. The van der Waals surface area contributed by atoms with Gasteiger partial charge in [-0.1, -0.05) is 33.8 Å². The van der Waals surface area contributed by atoms with E-state index in [1.807, 2.05) is 18.2 Å². The first-order valence-electron chi connectivity index (χ1n) is 6.70. The number of benzene rings is 1. The summed E-state index contributed by atoms with van der Waals surface area (Å²) in [6, 6.07) is 6.01. The van der Waals surface area contributed by atoms with Crippen molar-refractivity contribution in [2.45, 2.75) is 34.1 Å². The molecule has 2 nitrogen and oxygen atoms in total. The summed E-state index contributed by atoms with van der Waals surface area (Å²) in [5.74, 6) is 2.82. The van der Waals surface area contributed by atoms with Crippen molar-refractivity contribution >= 4 is 0 Å². The quantitative estimate of drug-likeness (QED) is 0.723. The maximum atomic E-state index is 5.82. The Balaban J connectivity index is 2.74. The van der Waals surface area contributed by atoms with Gasteiger partial charge < -0.3 is 9.47 Å². The minimum atomic E-state index is 0.517. The van der Waals surface area contributed by atoms with Gasteiger partial charge in [0, 0.05) is 6.07 Å². The minimum Gasteiger partial charge on any atom is -0.493 e. The van der Waals surface area contributed by atoms with Gasteiger partial charge in [-0.05, 0) is 36.8 Å². The summed E-state index contributed by atoms with van der Waals surface area (Å²) in [7, 11) is 0. The highest BCUT2D eigenvalue weighted by Gasteiger charge is 2.06.